The van der Waals surface area contributed by atoms with Crippen LogP contribution in [0.1, 0.15) is 32.1 Å². The molecule has 24 heavy (non-hydrogen) atoms. The number of hydrogen-bond acceptors (Lipinski definition) is 3. The van der Waals surface area contributed by atoms with E-state index in [9.17, 15) is 14.4 Å². The lowest BCUT2D eigenvalue weighted by molar-refractivity contribution is -0.146. The molecule has 134 valence electrons. The van der Waals surface area contributed by atoms with Gasteiger partial charge in [-0.25, -0.2) is 4.79 Å². The maximum Gasteiger partial charge on any atom is 0.317 e. The molecule has 0 aromatic heterocycles. The highest BCUT2D eigenvalue weighted by Crippen LogP contribution is 2.41. The molecule has 7 heteroatoms. The van der Waals surface area contributed by atoms with E-state index in [-0.39, 0.29) is 29.8 Å². The van der Waals surface area contributed by atoms with Gasteiger partial charge in [0.05, 0.1) is 12.0 Å². The second kappa shape index (κ2) is 6.61. The smallest absolute Gasteiger partial charge is 0.317 e. The van der Waals surface area contributed by atoms with Crippen LogP contribution in [0.4, 0.5) is 4.79 Å². The first kappa shape index (κ1) is 17.0. The third-order valence-corrected chi connectivity index (χ3v) is 5.50. The molecule has 4 amide bonds. The summed E-state index contributed by atoms with van der Waals surface area (Å²) in [6.45, 7) is 2.87. The molecule has 3 rings (SSSR count). The molecule has 0 bridgehead atoms. The van der Waals surface area contributed by atoms with Crippen LogP contribution in [-0.4, -0.2) is 79.4 Å². The van der Waals surface area contributed by atoms with Crippen molar-refractivity contribution in [3.8, 4) is 0 Å². The molecule has 1 spiro atoms. The lowest BCUT2D eigenvalue weighted by atomic mass is 9.78. The highest BCUT2D eigenvalue weighted by molar-refractivity contribution is 5.87. The highest BCUT2D eigenvalue weighted by Gasteiger charge is 2.49. The van der Waals surface area contributed by atoms with Gasteiger partial charge in [-0.05, 0) is 38.0 Å². The van der Waals surface area contributed by atoms with Gasteiger partial charge in [-0.3, -0.25) is 9.59 Å². The third-order valence-electron chi connectivity index (χ3n) is 5.50. The Morgan fingerprint density at radius 3 is 2.67 bits per heavy atom. The molecule has 2 aliphatic heterocycles. The van der Waals surface area contributed by atoms with Crippen molar-refractivity contribution in [1.82, 2.24) is 20.0 Å². The zero-order valence-electron chi connectivity index (χ0n) is 14.7. The van der Waals surface area contributed by atoms with Gasteiger partial charge in [-0.15, -0.1) is 0 Å². The van der Waals surface area contributed by atoms with E-state index in [1.54, 1.807) is 19.0 Å². The highest BCUT2D eigenvalue weighted by atomic mass is 16.2. The number of amides is 4. The predicted octanol–water partition coefficient (Wildman–Crippen LogP) is 0.509. The molecule has 3 aliphatic rings. The average Bonchev–Trinajstić information content (AvgIpc) is 3.27. The first-order valence-corrected chi connectivity index (χ1v) is 8.94. The molecule has 0 radical (unpaired) electrons. The largest absolute Gasteiger partial charge is 0.342 e. The fraction of sp³-hybridized carbons (Fsp3) is 0.824. The second-order valence-corrected chi connectivity index (χ2v) is 7.70. The number of carbonyl (C=O) groups is 3. The number of hydrogen-bond donors (Lipinski definition) is 1. The van der Waals surface area contributed by atoms with Crippen LogP contribution < -0.4 is 5.32 Å². The minimum absolute atomic E-state index is 0.00687. The summed E-state index contributed by atoms with van der Waals surface area (Å²) in [6, 6.07) is -0.276. The second-order valence-electron chi connectivity index (χ2n) is 7.70. The van der Waals surface area contributed by atoms with Crippen LogP contribution in [0, 0.1) is 11.3 Å². The Kier molecular flexibility index (Phi) is 4.69. The monoisotopic (exact) mass is 336 g/mol. The zero-order valence-corrected chi connectivity index (χ0v) is 14.7. The van der Waals surface area contributed by atoms with Gasteiger partial charge in [0.2, 0.25) is 11.8 Å². The lowest BCUT2D eigenvalue weighted by Gasteiger charge is -2.39. The summed E-state index contributed by atoms with van der Waals surface area (Å²) >= 11 is 0. The van der Waals surface area contributed by atoms with Crippen molar-refractivity contribution in [2.75, 3.05) is 46.8 Å². The first-order chi connectivity index (χ1) is 11.4. The Hall–Kier alpha value is -1.79. The molecule has 7 nitrogen and oxygen atoms in total. The molecule has 1 N–H and O–H groups in total. The van der Waals surface area contributed by atoms with Crippen molar-refractivity contribution >= 4 is 17.8 Å². The van der Waals surface area contributed by atoms with Gasteiger partial charge in [-0.2, -0.15) is 0 Å². The van der Waals surface area contributed by atoms with Gasteiger partial charge in [0, 0.05) is 40.3 Å². The molecule has 2 saturated heterocycles. The van der Waals surface area contributed by atoms with E-state index < -0.39 is 0 Å². The number of urea groups is 1. The summed E-state index contributed by atoms with van der Waals surface area (Å²) in [7, 11) is 3.28. The first-order valence-electron chi connectivity index (χ1n) is 8.94. The van der Waals surface area contributed by atoms with E-state index in [1.165, 1.54) is 17.7 Å². The number of nitrogens with zero attached hydrogens (tertiary/aromatic N) is 3. The van der Waals surface area contributed by atoms with Crippen LogP contribution >= 0.6 is 0 Å². The van der Waals surface area contributed by atoms with Crippen molar-refractivity contribution in [1.29, 1.82) is 0 Å². The summed E-state index contributed by atoms with van der Waals surface area (Å²) in [5, 5.41) is 2.60. The predicted molar refractivity (Wildman–Crippen MR) is 89.3 cm³/mol. The van der Waals surface area contributed by atoms with E-state index in [1.807, 2.05) is 4.90 Å². The van der Waals surface area contributed by atoms with Crippen molar-refractivity contribution < 1.29 is 14.4 Å². The minimum atomic E-state index is -0.381. The van der Waals surface area contributed by atoms with Gasteiger partial charge >= 0.3 is 6.03 Å². The summed E-state index contributed by atoms with van der Waals surface area (Å²) in [6.07, 6.45) is 5.14. The van der Waals surface area contributed by atoms with Crippen LogP contribution in [0.25, 0.3) is 0 Å². The molecule has 2 heterocycles. The van der Waals surface area contributed by atoms with Gasteiger partial charge in [0.1, 0.15) is 0 Å². The number of rotatable bonds is 4. The summed E-state index contributed by atoms with van der Waals surface area (Å²) in [5.41, 5.74) is -0.381. The SMILES string of the molecule is CN(C)C(=O)NCC(=O)N1CC[C@@]2(CCCN(CC3CC3)C2=O)C1. The molecular weight excluding hydrogens is 308 g/mol. The Morgan fingerprint density at radius 1 is 1.25 bits per heavy atom. The minimum Gasteiger partial charge on any atom is -0.342 e. The van der Waals surface area contributed by atoms with Crippen molar-refractivity contribution in [3.63, 3.8) is 0 Å². The average molecular weight is 336 g/mol. The number of nitrogens with one attached hydrogen (secondary N) is 1. The van der Waals surface area contributed by atoms with Gasteiger partial charge in [0.25, 0.3) is 0 Å². The molecule has 0 unspecified atom stereocenters. The van der Waals surface area contributed by atoms with Crippen molar-refractivity contribution in [2.45, 2.75) is 32.1 Å². The van der Waals surface area contributed by atoms with Crippen LogP contribution in [0.5, 0.6) is 0 Å². The molecule has 1 saturated carbocycles. The van der Waals surface area contributed by atoms with Crippen LogP contribution in [0.15, 0.2) is 0 Å². The standard InChI is InChI=1S/C17H28N4O3/c1-19(2)16(24)18-10-14(22)21-9-7-17(12-21)6-3-8-20(15(17)23)11-13-4-5-13/h13H,3-12H2,1-2H3,(H,18,24)/t17-/m0/s1. The van der Waals surface area contributed by atoms with E-state index in [2.05, 4.69) is 5.32 Å². The zero-order chi connectivity index (χ0) is 17.3. The number of likely N-dealkylation sites (tertiary alicyclic amines) is 2. The summed E-state index contributed by atoms with van der Waals surface area (Å²) in [5.74, 6) is 0.840. The van der Waals surface area contributed by atoms with E-state index >= 15 is 0 Å². The topological polar surface area (TPSA) is 73.0 Å². The number of piperidine rings is 1. The quantitative estimate of drug-likeness (QED) is 0.813. The van der Waals surface area contributed by atoms with Gasteiger partial charge in [-0.1, -0.05) is 0 Å². The van der Waals surface area contributed by atoms with Gasteiger partial charge < -0.3 is 20.0 Å². The molecule has 1 atom stereocenters. The summed E-state index contributed by atoms with van der Waals surface area (Å²) < 4.78 is 0. The van der Waals surface area contributed by atoms with Crippen LogP contribution in [0.2, 0.25) is 0 Å². The molecule has 1 aliphatic carbocycles. The summed E-state index contributed by atoms with van der Waals surface area (Å²) in [4.78, 5) is 42.0. The lowest BCUT2D eigenvalue weighted by Crippen LogP contribution is -2.51. The Balaban J connectivity index is 1.55. The Bertz CT molecular complexity index is 532. The van der Waals surface area contributed by atoms with E-state index in [0.29, 0.717) is 19.0 Å². The van der Waals surface area contributed by atoms with Crippen molar-refractivity contribution in [3.05, 3.63) is 0 Å². The Morgan fingerprint density at radius 2 is 2.00 bits per heavy atom. The molecular formula is C17H28N4O3. The van der Waals surface area contributed by atoms with E-state index in [4.69, 9.17) is 0 Å². The fourth-order valence-corrected chi connectivity index (χ4v) is 3.82. The molecule has 0 aromatic carbocycles. The third kappa shape index (κ3) is 3.49. The maximum absolute atomic E-state index is 12.9. The molecule has 3 fully saturated rings. The van der Waals surface area contributed by atoms with Crippen molar-refractivity contribution in [2.24, 2.45) is 11.3 Å². The fourth-order valence-electron chi connectivity index (χ4n) is 3.82. The van der Waals surface area contributed by atoms with E-state index in [0.717, 1.165) is 32.4 Å². The Labute approximate surface area is 143 Å². The normalized spacial score (nSPS) is 26.8. The van der Waals surface area contributed by atoms with Crippen LogP contribution in [0.3, 0.4) is 0 Å². The molecule has 0 aromatic rings. The maximum atomic E-state index is 12.9. The van der Waals surface area contributed by atoms with Crippen LogP contribution in [-0.2, 0) is 9.59 Å². The van der Waals surface area contributed by atoms with Gasteiger partial charge in [0.15, 0.2) is 0 Å². The number of carbonyl (C=O) groups excluding carboxylic acids is 3.